The number of ether oxygens (including phenoxy) is 1. The molecule has 0 heterocycles. The van der Waals surface area contributed by atoms with Crippen molar-refractivity contribution in [3.05, 3.63) is 34.3 Å². The zero-order chi connectivity index (χ0) is 13.2. The van der Waals surface area contributed by atoms with Gasteiger partial charge in [0.1, 0.15) is 6.04 Å². The minimum atomic E-state index is -4.59. The van der Waals surface area contributed by atoms with E-state index in [1.54, 1.807) is 0 Å². The Bertz CT molecular complexity index is 438. The van der Waals surface area contributed by atoms with E-state index < -0.39 is 28.8 Å². The first-order valence-corrected chi connectivity index (χ1v) is 4.86. The topological polar surface area (TPSA) is 52.3 Å². The van der Waals surface area contributed by atoms with Gasteiger partial charge in [-0.05, 0) is 11.6 Å². The van der Waals surface area contributed by atoms with E-state index in [4.69, 9.17) is 17.3 Å². The molecular weight excluding hydrogens is 294 g/mol. The van der Waals surface area contributed by atoms with Crippen LogP contribution < -0.4 is 5.73 Å². The summed E-state index contributed by atoms with van der Waals surface area (Å²) in [6, 6.07) is 1.86. The van der Waals surface area contributed by atoms with Gasteiger partial charge in [-0.25, -0.2) is 0 Å². The zero-order valence-corrected chi connectivity index (χ0v) is 10.7. The third kappa shape index (κ3) is 3.51. The summed E-state index contributed by atoms with van der Waals surface area (Å²) >= 11 is 5.58. The Labute approximate surface area is 112 Å². The van der Waals surface area contributed by atoms with Crippen molar-refractivity contribution in [2.75, 3.05) is 7.11 Å². The quantitative estimate of drug-likeness (QED) is 0.855. The molecule has 2 N–H and O–H groups in total. The highest BCUT2D eigenvalue weighted by Crippen LogP contribution is 2.37. The van der Waals surface area contributed by atoms with E-state index >= 15 is 0 Å². The number of hydrogen-bond donors (Lipinski definition) is 1. The molecular formula is C10H10Cl2F3NO2. The van der Waals surface area contributed by atoms with Gasteiger partial charge < -0.3 is 10.5 Å². The molecule has 0 saturated carbocycles. The summed E-state index contributed by atoms with van der Waals surface area (Å²) in [5.74, 6) is -0.855. The van der Waals surface area contributed by atoms with Crippen LogP contribution in [0.5, 0.6) is 0 Å². The van der Waals surface area contributed by atoms with Crippen molar-refractivity contribution in [2.24, 2.45) is 5.73 Å². The first kappa shape index (κ1) is 17.0. The number of esters is 1. The van der Waals surface area contributed by atoms with Crippen LogP contribution in [0, 0.1) is 0 Å². The Morgan fingerprint density at radius 1 is 1.44 bits per heavy atom. The van der Waals surface area contributed by atoms with Crippen molar-refractivity contribution in [1.29, 1.82) is 0 Å². The Morgan fingerprint density at radius 3 is 2.44 bits per heavy atom. The number of carbonyl (C=O) groups is 1. The molecule has 0 fully saturated rings. The molecule has 0 spiro atoms. The number of nitrogens with two attached hydrogens (primary N) is 1. The van der Waals surface area contributed by atoms with Crippen LogP contribution in [0.2, 0.25) is 5.02 Å². The molecule has 1 rings (SSSR count). The van der Waals surface area contributed by atoms with Crippen LogP contribution >= 0.6 is 24.0 Å². The van der Waals surface area contributed by atoms with Crippen LogP contribution in [0.3, 0.4) is 0 Å². The molecule has 0 aliphatic carbocycles. The second kappa shape index (κ2) is 6.26. The molecule has 0 amide bonds. The second-order valence-corrected chi connectivity index (χ2v) is 3.59. The summed E-state index contributed by atoms with van der Waals surface area (Å²) in [6.07, 6.45) is -4.59. The number of benzene rings is 1. The van der Waals surface area contributed by atoms with E-state index in [-0.39, 0.29) is 18.0 Å². The largest absolute Gasteiger partial charge is 0.468 e. The number of hydrogen-bond acceptors (Lipinski definition) is 3. The van der Waals surface area contributed by atoms with E-state index in [0.29, 0.717) is 0 Å². The SMILES string of the molecule is COC(=O)[C@H](N)c1cccc(C(F)(F)F)c1Cl.Cl. The Kier molecular flexibility index (Phi) is 5.92. The lowest BCUT2D eigenvalue weighted by atomic mass is 10.0. The number of alkyl halides is 3. The van der Waals surface area contributed by atoms with Gasteiger partial charge in [-0.15, -0.1) is 12.4 Å². The highest BCUT2D eigenvalue weighted by Gasteiger charge is 2.35. The van der Waals surface area contributed by atoms with E-state index in [2.05, 4.69) is 4.74 Å². The number of carbonyl (C=O) groups excluding carboxylic acids is 1. The molecule has 0 aliphatic rings. The van der Waals surface area contributed by atoms with Gasteiger partial charge in [-0.3, -0.25) is 4.79 Å². The third-order valence-electron chi connectivity index (χ3n) is 2.12. The predicted octanol–water partition coefficient (Wildman–Crippen LogP) is 2.95. The lowest BCUT2D eigenvalue weighted by molar-refractivity contribution is -0.142. The molecule has 1 aromatic rings. The lowest BCUT2D eigenvalue weighted by Gasteiger charge is -2.15. The van der Waals surface area contributed by atoms with Gasteiger partial charge in [-0.1, -0.05) is 23.7 Å². The highest BCUT2D eigenvalue weighted by molar-refractivity contribution is 6.32. The van der Waals surface area contributed by atoms with Crippen molar-refractivity contribution in [3.63, 3.8) is 0 Å². The average Bonchev–Trinajstić information content (AvgIpc) is 2.25. The van der Waals surface area contributed by atoms with E-state index in [9.17, 15) is 18.0 Å². The smallest absolute Gasteiger partial charge is 0.417 e. The monoisotopic (exact) mass is 303 g/mol. The molecule has 8 heteroatoms. The van der Waals surface area contributed by atoms with Crippen molar-refractivity contribution in [3.8, 4) is 0 Å². The van der Waals surface area contributed by atoms with Crippen LogP contribution in [-0.4, -0.2) is 13.1 Å². The lowest BCUT2D eigenvalue weighted by Crippen LogP contribution is -2.23. The molecule has 0 unspecified atom stereocenters. The maximum Gasteiger partial charge on any atom is 0.417 e. The van der Waals surface area contributed by atoms with Gasteiger partial charge in [0, 0.05) is 0 Å². The minimum Gasteiger partial charge on any atom is -0.468 e. The van der Waals surface area contributed by atoms with Crippen LogP contribution in [0.15, 0.2) is 18.2 Å². The second-order valence-electron chi connectivity index (χ2n) is 3.21. The number of halogens is 5. The van der Waals surface area contributed by atoms with E-state index in [0.717, 1.165) is 19.2 Å². The summed E-state index contributed by atoms with van der Waals surface area (Å²) in [4.78, 5) is 11.1. The molecule has 0 aromatic heterocycles. The number of methoxy groups -OCH3 is 1. The molecule has 0 radical (unpaired) electrons. The molecule has 0 bridgehead atoms. The zero-order valence-electron chi connectivity index (χ0n) is 9.12. The van der Waals surface area contributed by atoms with Gasteiger partial charge in [0.05, 0.1) is 17.7 Å². The standard InChI is InChI=1S/C10H9ClF3NO2.ClH/c1-17-9(16)8(15)5-3-2-4-6(7(5)11)10(12,13)14;/h2-4,8H,15H2,1H3;1H/t8-;/m1./s1. The van der Waals surface area contributed by atoms with Gasteiger partial charge >= 0.3 is 12.1 Å². The summed E-state index contributed by atoms with van der Waals surface area (Å²) in [5, 5.41) is -0.585. The summed E-state index contributed by atoms with van der Waals surface area (Å²) in [5.41, 5.74) is 4.29. The van der Waals surface area contributed by atoms with Crippen molar-refractivity contribution >= 4 is 30.0 Å². The Balaban J connectivity index is 0.00000289. The fraction of sp³-hybridized carbons (Fsp3) is 0.300. The van der Waals surface area contributed by atoms with Crippen molar-refractivity contribution < 1.29 is 22.7 Å². The third-order valence-corrected chi connectivity index (χ3v) is 2.55. The Hall–Kier alpha value is -0.980. The Morgan fingerprint density at radius 2 is 2.00 bits per heavy atom. The van der Waals surface area contributed by atoms with Gasteiger partial charge in [0.2, 0.25) is 0 Å². The van der Waals surface area contributed by atoms with Crippen LogP contribution in [0.4, 0.5) is 13.2 Å². The maximum atomic E-state index is 12.5. The normalized spacial score (nSPS) is 12.6. The minimum absolute atomic E-state index is 0. The molecule has 1 atom stereocenters. The average molecular weight is 304 g/mol. The number of rotatable bonds is 2. The van der Waals surface area contributed by atoms with Gasteiger partial charge in [-0.2, -0.15) is 13.2 Å². The first-order valence-electron chi connectivity index (χ1n) is 4.48. The molecule has 102 valence electrons. The fourth-order valence-electron chi connectivity index (χ4n) is 1.26. The van der Waals surface area contributed by atoms with Crippen molar-refractivity contribution in [1.82, 2.24) is 0 Å². The van der Waals surface area contributed by atoms with E-state index in [1.807, 2.05) is 0 Å². The van der Waals surface area contributed by atoms with Crippen molar-refractivity contribution in [2.45, 2.75) is 12.2 Å². The van der Waals surface area contributed by atoms with Gasteiger partial charge in [0.15, 0.2) is 0 Å². The van der Waals surface area contributed by atoms with E-state index in [1.165, 1.54) is 6.07 Å². The van der Waals surface area contributed by atoms with Crippen LogP contribution in [0.25, 0.3) is 0 Å². The first-order chi connectivity index (χ1) is 7.79. The maximum absolute atomic E-state index is 12.5. The highest BCUT2D eigenvalue weighted by atomic mass is 35.5. The molecule has 0 aliphatic heterocycles. The molecule has 3 nitrogen and oxygen atoms in total. The molecule has 18 heavy (non-hydrogen) atoms. The summed E-state index contributed by atoms with van der Waals surface area (Å²) < 4.78 is 41.9. The molecule has 0 saturated heterocycles. The molecule has 1 aromatic carbocycles. The predicted molar refractivity (Wildman–Crippen MR) is 62.6 cm³/mol. The fourth-order valence-corrected chi connectivity index (χ4v) is 1.61. The van der Waals surface area contributed by atoms with Gasteiger partial charge in [0.25, 0.3) is 0 Å². The van der Waals surface area contributed by atoms with Crippen LogP contribution in [0.1, 0.15) is 17.2 Å². The summed E-state index contributed by atoms with van der Waals surface area (Å²) in [7, 11) is 1.09. The summed E-state index contributed by atoms with van der Waals surface area (Å²) in [6.45, 7) is 0. The van der Waals surface area contributed by atoms with Crippen LogP contribution in [-0.2, 0) is 15.7 Å².